The third-order valence-corrected chi connectivity index (χ3v) is 2.53. The smallest absolute Gasteiger partial charge is 0.273 e. The molecule has 0 spiro atoms. The summed E-state index contributed by atoms with van der Waals surface area (Å²) >= 11 is 0. The molecule has 72 valence electrons. The number of nitrogens with zero attached hydrogens (tertiary/aromatic N) is 1. The average Bonchev–Trinajstić information content (AvgIpc) is 2.05. The van der Waals surface area contributed by atoms with Gasteiger partial charge >= 0.3 is 0 Å². The minimum absolute atomic E-state index is 0.490. The van der Waals surface area contributed by atoms with Crippen molar-refractivity contribution in [3.63, 3.8) is 0 Å². The van der Waals surface area contributed by atoms with Crippen LogP contribution in [0.1, 0.15) is 12.8 Å². The Labute approximate surface area is 71.2 Å². The van der Waals surface area contributed by atoms with Crippen LogP contribution >= 0.6 is 0 Å². The fraction of sp³-hybridized carbons (Fsp3) is 1.00. The molecule has 1 aliphatic heterocycles. The monoisotopic (exact) mass is 179 g/mol. The third kappa shape index (κ3) is 2.14. The largest absolute Gasteiger partial charge is 0.390 e. The number of rotatable bonds is 2. The standard InChI is InChI=1S/C8H15F2NO/c1-11-4-2-7(3-5-11)8(9,10)6-12/h7,12H,2-6H2,1H3. The van der Waals surface area contributed by atoms with Gasteiger partial charge in [-0.2, -0.15) is 0 Å². The van der Waals surface area contributed by atoms with Crippen molar-refractivity contribution in [2.45, 2.75) is 18.8 Å². The molecule has 12 heavy (non-hydrogen) atoms. The van der Waals surface area contributed by atoms with Gasteiger partial charge in [-0.15, -0.1) is 0 Å². The number of halogens is 2. The van der Waals surface area contributed by atoms with E-state index in [1.54, 1.807) is 0 Å². The second-order valence-corrected chi connectivity index (χ2v) is 3.50. The quantitative estimate of drug-likeness (QED) is 0.682. The van der Waals surface area contributed by atoms with Crippen molar-refractivity contribution >= 4 is 0 Å². The van der Waals surface area contributed by atoms with Crippen LogP contribution < -0.4 is 0 Å². The van der Waals surface area contributed by atoms with Crippen LogP contribution in [0.3, 0.4) is 0 Å². The highest BCUT2D eigenvalue weighted by Crippen LogP contribution is 2.32. The molecular formula is C8H15F2NO. The van der Waals surface area contributed by atoms with Crippen LogP contribution in [-0.4, -0.2) is 42.7 Å². The Hall–Kier alpha value is -0.220. The van der Waals surface area contributed by atoms with E-state index >= 15 is 0 Å². The first-order valence-corrected chi connectivity index (χ1v) is 4.23. The van der Waals surface area contributed by atoms with E-state index < -0.39 is 18.4 Å². The molecule has 1 heterocycles. The number of hydrogen-bond acceptors (Lipinski definition) is 2. The Morgan fingerprint density at radius 3 is 2.33 bits per heavy atom. The molecule has 0 aliphatic carbocycles. The van der Waals surface area contributed by atoms with Crippen LogP contribution in [0.4, 0.5) is 8.78 Å². The number of aliphatic hydroxyl groups excluding tert-OH is 1. The van der Waals surface area contributed by atoms with Crippen LogP contribution in [0, 0.1) is 5.92 Å². The lowest BCUT2D eigenvalue weighted by molar-refractivity contribution is -0.111. The van der Waals surface area contributed by atoms with E-state index in [4.69, 9.17) is 5.11 Å². The molecule has 0 atom stereocenters. The van der Waals surface area contributed by atoms with Gasteiger partial charge in [-0.25, -0.2) is 8.78 Å². The van der Waals surface area contributed by atoms with Gasteiger partial charge in [0, 0.05) is 5.92 Å². The van der Waals surface area contributed by atoms with Crippen molar-refractivity contribution in [1.29, 1.82) is 0 Å². The Balaban J connectivity index is 2.44. The average molecular weight is 179 g/mol. The van der Waals surface area contributed by atoms with Crippen molar-refractivity contribution in [3.8, 4) is 0 Å². The van der Waals surface area contributed by atoms with E-state index in [1.807, 2.05) is 11.9 Å². The molecule has 0 aromatic carbocycles. The summed E-state index contributed by atoms with van der Waals surface area (Å²) in [5, 5.41) is 8.45. The molecule has 1 fully saturated rings. The van der Waals surface area contributed by atoms with E-state index in [2.05, 4.69) is 0 Å². The first kappa shape index (κ1) is 9.86. The van der Waals surface area contributed by atoms with E-state index in [0.717, 1.165) is 0 Å². The van der Waals surface area contributed by atoms with Crippen LogP contribution in [-0.2, 0) is 0 Å². The Kier molecular flexibility index (Phi) is 3.01. The van der Waals surface area contributed by atoms with Crippen LogP contribution in [0.15, 0.2) is 0 Å². The predicted molar refractivity (Wildman–Crippen MR) is 42.3 cm³/mol. The summed E-state index contributed by atoms with van der Waals surface area (Å²) in [6.45, 7) is 0.405. The molecule has 1 N–H and O–H groups in total. The van der Waals surface area contributed by atoms with Crippen molar-refractivity contribution in [2.75, 3.05) is 26.7 Å². The minimum Gasteiger partial charge on any atom is -0.390 e. The van der Waals surface area contributed by atoms with E-state index in [-0.39, 0.29) is 0 Å². The zero-order valence-electron chi connectivity index (χ0n) is 7.26. The SMILES string of the molecule is CN1CCC(C(F)(F)CO)CC1. The van der Waals surface area contributed by atoms with Gasteiger partial charge in [-0.05, 0) is 33.0 Å². The second kappa shape index (κ2) is 3.66. The predicted octanol–water partition coefficient (Wildman–Crippen LogP) is 0.956. The molecule has 0 aromatic rings. The van der Waals surface area contributed by atoms with Crippen molar-refractivity contribution in [1.82, 2.24) is 4.90 Å². The highest BCUT2D eigenvalue weighted by molar-refractivity contribution is 4.81. The molecule has 0 amide bonds. The van der Waals surface area contributed by atoms with Gasteiger partial charge in [-0.1, -0.05) is 0 Å². The summed E-state index contributed by atoms with van der Waals surface area (Å²) in [6, 6.07) is 0. The first-order chi connectivity index (χ1) is 5.56. The van der Waals surface area contributed by atoms with Gasteiger partial charge in [0.1, 0.15) is 6.61 Å². The molecule has 4 heteroatoms. The van der Waals surface area contributed by atoms with Gasteiger partial charge in [0.15, 0.2) is 0 Å². The fourth-order valence-corrected chi connectivity index (χ4v) is 1.56. The lowest BCUT2D eigenvalue weighted by atomic mass is 9.91. The molecule has 1 aliphatic rings. The van der Waals surface area contributed by atoms with Crippen LogP contribution in [0.2, 0.25) is 0 Å². The summed E-state index contributed by atoms with van der Waals surface area (Å²) in [6.07, 6.45) is 0.980. The molecule has 2 nitrogen and oxygen atoms in total. The fourth-order valence-electron chi connectivity index (χ4n) is 1.56. The molecule has 0 radical (unpaired) electrons. The molecular weight excluding hydrogens is 164 g/mol. The summed E-state index contributed by atoms with van der Waals surface area (Å²) < 4.78 is 25.8. The second-order valence-electron chi connectivity index (χ2n) is 3.50. The summed E-state index contributed by atoms with van der Waals surface area (Å²) in [5.41, 5.74) is 0. The minimum atomic E-state index is -2.87. The van der Waals surface area contributed by atoms with Gasteiger partial charge in [0.2, 0.25) is 0 Å². The maximum Gasteiger partial charge on any atom is 0.273 e. The number of alkyl halides is 2. The highest BCUT2D eigenvalue weighted by Gasteiger charge is 2.39. The maximum absolute atomic E-state index is 12.9. The van der Waals surface area contributed by atoms with Crippen molar-refractivity contribution < 1.29 is 13.9 Å². The highest BCUT2D eigenvalue weighted by atomic mass is 19.3. The molecule has 0 bridgehead atoms. The van der Waals surface area contributed by atoms with Crippen molar-refractivity contribution in [3.05, 3.63) is 0 Å². The maximum atomic E-state index is 12.9. The Morgan fingerprint density at radius 2 is 1.92 bits per heavy atom. The summed E-state index contributed by atoms with van der Waals surface area (Å²) in [4.78, 5) is 2.03. The Bertz CT molecular complexity index is 144. The van der Waals surface area contributed by atoms with Crippen LogP contribution in [0.5, 0.6) is 0 Å². The van der Waals surface area contributed by atoms with Gasteiger partial charge in [0.25, 0.3) is 5.92 Å². The topological polar surface area (TPSA) is 23.5 Å². The van der Waals surface area contributed by atoms with E-state index in [1.165, 1.54) is 0 Å². The van der Waals surface area contributed by atoms with E-state index in [9.17, 15) is 8.78 Å². The van der Waals surface area contributed by atoms with Gasteiger partial charge < -0.3 is 10.0 Å². The summed E-state index contributed by atoms with van der Waals surface area (Å²) in [5.74, 6) is -3.50. The molecule has 1 saturated heterocycles. The van der Waals surface area contributed by atoms with Gasteiger partial charge in [0.05, 0.1) is 0 Å². The normalized spacial score (nSPS) is 23.0. The molecule has 0 unspecified atom stereocenters. The zero-order valence-corrected chi connectivity index (χ0v) is 7.26. The number of piperidine rings is 1. The molecule has 0 aromatic heterocycles. The Morgan fingerprint density at radius 1 is 1.42 bits per heavy atom. The zero-order chi connectivity index (χ0) is 9.19. The number of hydrogen-bond donors (Lipinski definition) is 1. The molecule has 1 rings (SSSR count). The third-order valence-electron chi connectivity index (χ3n) is 2.53. The number of aliphatic hydroxyl groups is 1. The van der Waals surface area contributed by atoms with Crippen molar-refractivity contribution in [2.24, 2.45) is 5.92 Å². The lowest BCUT2D eigenvalue weighted by Crippen LogP contribution is -2.40. The summed E-state index contributed by atoms with van der Waals surface area (Å²) in [7, 11) is 1.92. The molecule has 0 saturated carbocycles. The lowest BCUT2D eigenvalue weighted by Gasteiger charge is -2.33. The first-order valence-electron chi connectivity index (χ1n) is 4.23. The number of likely N-dealkylation sites (tertiary alicyclic amines) is 1. The van der Waals surface area contributed by atoms with Crippen LogP contribution in [0.25, 0.3) is 0 Å². The van der Waals surface area contributed by atoms with E-state index in [0.29, 0.717) is 25.9 Å². The van der Waals surface area contributed by atoms with Gasteiger partial charge in [-0.3, -0.25) is 0 Å².